The number of benzene rings is 2. The van der Waals surface area contributed by atoms with Crippen molar-refractivity contribution in [3.05, 3.63) is 48.0 Å². The van der Waals surface area contributed by atoms with E-state index in [1.165, 1.54) is 17.3 Å². The molecule has 4 nitrogen and oxygen atoms in total. The van der Waals surface area contributed by atoms with Crippen molar-refractivity contribution >= 4 is 23.4 Å². The number of anilines is 1. The van der Waals surface area contributed by atoms with Crippen LogP contribution in [0.25, 0.3) is 0 Å². The van der Waals surface area contributed by atoms with Crippen LogP contribution in [0.1, 0.15) is 12.0 Å². The molecule has 0 aromatic heterocycles. The minimum Gasteiger partial charge on any atom is -0.490 e. The fraction of sp³-hybridized carbons (Fsp3) is 0.278. The van der Waals surface area contributed by atoms with E-state index in [1.54, 1.807) is 0 Å². The summed E-state index contributed by atoms with van der Waals surface area (Å²) in [6.45, 7) is 3.34. The van der Waals surface area contributed by atoms with Crippen LogP contribution in [-0.4, -0.2) is 24.9 Å². The van der Waals surface area contributed by atoms with Gasteiger partial charge in [0.25, 0.3) is 0 Å². The van der Waals surface area contributed by atoms with Crippen molar-refractivity contribution in [1.82, 2.24) is 0 Å². The number of hydrogen-bond acceptors (Lipinski definition) is 4. The molecule has 1 aliphatic rings. The van der Waals surface area contributed by atoms with Gasteiger partial charge >= 0.3 is 0 Å². The van der Waals surface area contributed by atoms with E-state index in [-0.39, 0.29) is 5.91 Å². The molecule has 0 bridgehead atoms. The zero-order valence-electron chi connectivity index (χ0n) is 13.0. The van der Waals surface area contributed by atoms with Gasteiger partial charge in [-0.25, -0.2) is 0 Å². The predicted octanol–water partition coefficient (Wildman–Crippen LogP) is 3.89. The van der Waals surface area contributed by atoms with Crippen LogP contribution in [0.5, 0.6) is 11.5 Å². The number of hydrogen-bond donors (Lipinski definition) is 1. The van der Waals surface area contributed by atoms with Gasteiger partial charge in [0.2, 0.25) is 5.91 Å². The molecule has 3 rings (SSSR count). The summed E-state index contributed by atoms with van der Waals surface area (Å²) in [5, 5.41) is 2.90. The number of thioether (sulfide) groups is 1. The maximum absolute atomic E-state index is 12.1. The Labute approximate surface area is 140 Å². The summed E-state index contributed by atoms with van der Waals surface area (Å²) in [4.78, 5) is 13.2. The topological polar surface area (TPSA) is 47.6 Å². The van der Waals surface area contributed by atoms with Gasteiger partial charge in [0.05, 0.1) is 19.0 Å². The van der Waals surface area contributed by atoms with Crippen LogP contribution in [0, 0.1) is 6.92 Å². The Hall–Kier alpha value is -2.14. The molecule has 1 N–H and O–H groups in total. The van der Waals surface area contributed by atoms with E-state index in [2.05, 4.69) is 5.32 Å². The highest BCUT2D eigenvalue weighted by Gasteiger charge is 2.12. The van der Waals surface area contributed by atoms with E-state index in [0.29, 0.717) is 24.7 Å². The number of ether oxygens (including phenoxy) is 2. The number of carbonyl (C=O) groups is 1. The van der Waals surface area contributed by atoms with Crippen molar-refractivity contribution in [3.8, 4) is 11.5 Å². The molecule has 0 fully saturated rings. The van der Waals surface area contributed by atoms with E-state index in [4.69, 9.17) is 9.47 Å². The van der Waals surface area contributed by atoms with Crippen molar-refractivity contribution in [2.75, 3.05) is 24.3 Å². The number of nitrogens with one attached hydrogen (secondary N) is 1. The lowest BCUT2D eigenvalue weighted by Crippen LogP contribution is -2.14. The highest BCUT2D eigenvalue weighted by atomic mass is 32.2. The smallest absolute Gasteiger partial charge is 0.234 e. The number of fused-ring (bicyclic) bond motifs is 1. The van der Waals surface area contributed by atoms with Gasteiger partial charge in [0, 0.05) is 23.1 Å². The summed E-state index contributed by atoms with van der Waals surface area (Å²) in [7, 11) is 0. The Kier molecular flexibility index (Phi) is 5.08. The van der Waals surface area contributed by atoms with Crippen molar-refractivity contribution in [2.45, 2.75) is 18.2 Å². The summed E-state index contributed by atoms with van der Waals surface area (Å²) in [5.74, 6) is 1.75. The van der Waals surface area contributed by atoms with E-state index in [1.807, 2.05) is 49.4 Å². The maximum Gasteiger partial charge on any atom is 0.234 e. The molecule has 0 saturated heterocycles. The van der Waals surface area contributed by atoms with Gasteiger partial charge in [-0.2, -0.15) is 0 Å². The van der Waals surface area contributed by atoms with Crippen molar-refractivity contribution in [3.63, 3.8) is 0 Å². The van der Waals surface area contributed by atoms with Crippen molar-refractivity contribution in [1.29, 1.82) is 0 Å². The molecule has 0 unspecified atom stereocenters. The van der Waals surface area contributed by atoms with Crippen LogP contribution in [0.3, 0.4) is 0 Å². The number of rotatable bonds is 4. The largest absolute Gasteiger partial charge is 0.490 e. The summed E-state index contributed by atoms with van der Waals surface area (Å²) >= 11 is 1.52. The Morgan fingerprint density at radius 2 is 1.83 bits per heavy atom. The Morgan fingerprint density at radius 3 is 2.61 bits per heavy atom. The minimum absolute atomic E-state index is 0.0370. The van der Waals surface area contributed by atoms with Gasteiger partial charge in [0.15, 0.2) is 11.5 Å². The molecule has 0 aliphatic carbocycles. The molecular weight excluding hydrogens is 310 g/mol. The fourth-order valence-corrected chi connectivity index (χ4v) is 2.92. The first-order chi connectivity index (χ1) is 11.2. The molecule has 5 heteroatoms. The first-order valence-electron chi connectivity index (χ1n) is 7.60. The van der Waals surface area contributed by atoms with Crippen LogP contribution in [0.15, 0.2) is 47.4 Å². The van der Waals surface area contributed by atoms with Crippen molar-refractivity contribution < 1.29 is 14.3 Å². The first kappa shape index (κ1) is 15.7. The van der Waals surface area contributed by atoms with Gasteiger partial charge in [-0.05, 0) is 31.2 Å². The van der Waals surface area contributed by atoms with Crippen LogP contribution in [-0.2, 0) is 4.79 Å². The fourth-order valence-electron chi connectivity index (χ4n) is 2.22. The Bertz CT molecular complexity index is 685. The second-order valence-corrected chi connectivity index (χ2v) is 6.41. The third-order valence-corrected chi connectivity index (χ3v) is 4.43. The molecule has 2 aromatic rings. The lowest BCUT2D eigenvalue weighted by atomic mass is 10.2. The molecule has 0 radical (unpaired) electrons. The Balaban J connectivity index is 1.57. The standard InChI is InChI=1S/C18H19NO3S/c1-13-3-6-15(7-4-13)23-12-18(20)19-14-5-8-16-17(11-14)22-10-2-9-21-16/h3-8,11H,2,9-10,12H2,1H3,(H,19,20). The van der Waals surface area contributed by atoms with Gasteiger partial charge in [-0.3, -0.25) is 4.79 Å². The highest BCUT2D eigenvalue weighted by molar-refractivity contribution is 8.00. The predicted molar refractivity (Wildman–Crippen MR) is 92.6 cm³/mol. The molecule has 120 valence electrons. The van der Waals surface area contributed by atoms with E-state index < -0.39 is 0 Å². The summed E-state index contributed by atoms with van der Waals surface area (Å²) in [5.41, 5.74) is 1.94. The SMILES string of the molecule is Cc1ccc(SCC(=O)Nc2ccc3c(c2)OCCCO3)cc1. The zero-order valence-corrected chi connectivity index (χ0v) is 13.8. The Morgan fingerprint density at radius 1 is 1.09 bits per heavy atom. The number of aryl methyl sites for hydroxylation is 1. The molecule has 0 saturated carbocycles. The lowest BCUT2D eigenvalue weighted by Gasteiger charge is -2.10. The van der Waals surface area contributed by atoms with Crippen LogP contribution < -0.4 is 14.8 Å². The van der Waals surface area contributed by atoms with Gasteiger partial charge in [0.1, 0.15) is 0 Å². The molecular formula is C18H19NO3S. The van der Waals surface area contributed by atoms with Crippen LogP contribution >= 0.6 is 11.8 Å². The average Bonchev–Trinajstić information content (AvgIpc) is 2.79. The lowest BCUT2D eigenvalue weighted by molar-refractivity contribution is -0.113. The summed E-state index contributed by atoms with van der Waals surface area (Å²) in [6.07, 6.45) is 0.865. The third-order valence-electron chi connectivity index (χ3n) is 3.42. The first-order valence-corrected chi connectivity index (χ1v) is 8.58. The molecule has 0 atom stereocenters. The van der Waals surface area contributed by atoms with E-state index in [0.717, 1.165) is 22.8 Å². The van der Waals surface area contributed by atoms with Crippen LogP contribution in [0.4, 0.5) is 5.69 Å². The summed E-state index contributed by atoms with van der Waals surface area (Å²) in [6, 6.07) is 13.6. The second-order valence-electron chi connectivity index (χ2n) is 5.36. The second kappa shape index (κ2) is 7.42. The van der Waals surface area contributed by atoms with Crippen molar-refractivity contribution in [2.24, 2.45) is 0 Å². The normalized spacial score (nSPS) is 13.3. The molecule has 1 aliphatic heterocycles. The van der Waals surface area contributed by atoms with Gasteiger partial charge in [-0.15, -0.1) is 11.8 Å². The molecule has 1 heterocycles. The maximum atomic E-state index is 12.1. The molecule has 1 amide bonds. The van der Waals surface area contributed by atoms with Gasteiger partial charge < -0.3 is 14.8 Å². The minimum atomic E-state index is -0.0370. The van der Waals surface area contributed by atoms with E-state index >= 15 is 0 Å². The van der Waals surface area contributed by atoms with Gasteiger partial charge in [-0.1, -0.05) is 17.7 Å². The van der Waals surface area contributed by atoms with Crippen LogP contribution in [0.2, 0.25) is 0 Å². The summed E-state index contributed by atoms with van der Waals surface area (Å²) < 4.78 is 11.2. The molecule has 0 spiro atoms. The monoisotopic (exact) mass is 329 g/mol. The quantitative estimate of drug-likeness (QED) is 0.865. The zero-order chi connectivity index (χ0) is 16.1. The van der Waals surface area contributed by atoms with E-state index in [9.17, 15) is 4.79 Å². The highest BCUT2D eigenvalue weighted by Crippen LogP contribution is 2.32. The molecule has 2 aromatic carbocycles. The third kappa shape index (κ3) is 4.42. The average molecular weight is 329 g/mol. The number of amides is 1. The molecule has 23 heavy (non-hydrogen) atoms. The number of carbonyl (C=O) groups excluding carboxylic acids is 1.